The molecule has 0 unspecified atom stereocenters. The average molecular weight is 377 g/mol. The first-order valence-electron chi connectivity index (χ1n) is 8.87. The SMILES string of the molecule is Cc1cc(/C=N\Nc2ccc([N+](=O)[O-])cc2)c(C)n1-c1ccc(N(C)C)cc1. The van der Waals surface area contributed by atoms with E-state index in [2.05, 4.69) is 64.2 Å². The Bertz CT molecular complexity index is 1000. The van der Waals surface area contributed by atoms with Gasteiger partial charge in [-0.1, -0.05) is 0 Å². The van der Waals surface area contributed by atoms with Crippen LogP contribution in [0.5, 0.6) is 0 Å². The minimum atomic E-state index is -0.424. The lowest BCUT2D eigenvalue weighted by molar-refractivity contribution is -0.384. The van der Waals surface area contributed by atoms with Gasteiger partial charge in [0.15, 0.2) is 0 Å². The van der Waals surface area contributed by atoms with Gasteiger partial charge in [-0.25, -0.2) is 0 Å². The molecule has 0 fully saturated rings. The van der Waals surface area contributed by atoms with Crippen molar-refractivity contribution in [3.63, 3.8) is 0 Å². The summed E-state index contributed by atoms with van der Waals surface area (Å²) >= 11 is 0. The molecule has 0 atom stereocenters. The van der Waals surface area contributed by atoms with E-state index in [1.54, 1.807) is 18.3 Å². The van der Waals surface area contributed by atoms with Crippen molar-refractivity contribution in [2.24, 2.45) is 5.10 Å². The molecule has 3 rings (SSSR count). The maximum atomic E-state index is 10.7. The fourth-order valence-electron chi connectivity index (χ4n) is 3.05. The molecular weight excluding hydrogens is 354 g/mol. The second-order valence-corrected chi connectivity index (χ2v) is 6.75. The van der Waals surface area contributed by atoms with E-state index in [1.165, 1.54) is 12.1 Å². The maximum absolute atomic E-state index is 10.7. The first-order chi connectivity index (χ1) is 13.4. The first kappa shape index (κ1) is 19.2. The summed E-state index contributed by atoms with van der Waals surface area (Å²) in [7, 11) is 4.04. The number of nitrogens with one attached hydrogen (secondary N) is 1. The number of aryl methyl sites for hydroxylation is 1. The molecule has 0 spiro atoms. The van der Waals surface area contributed by atoms with Crippen LogP contribution in [-0.2, 0) is 0 Å². The Labute approximate surface area is 164 Å². The predicted octanol–water partition coefficient (Wildman–Crippen LogP) is 4.51. The first-order valence-corrected chi connectivity index (χ1v) is 8.87. The Hall–Kier alpha value is -3.61. The summed E-state index contributed by atoms with van der Waals surface area (Å²) in [5, 5.41) is 15.0. The van der Waals surface area contributed by atoms with E-state index >= 15 is 0 Å². The third kappa shape index (κ3) is 4.03. The van der Waals surface area contributed by atoms with Crippen LogP contribution in [0, 0.1) is 24.0 Å². The highest BCUT2D eigenvalue weighted by molar-refractivity contribution is 5.82. The largest absolute Gasteiger partial charge is 0.378 e. The summed E-state index contributed by atoms with van der Waals surface area (Å²) in [5.41, 5.74) is 9.11. The van der Waals surface area contributed by atoms with E-state index in [4.69, 9.17) is 0 Å². The predicted molar refractivity (Wildman–Crippen MR) is 114 cm³/mol. The number of nitrogens with zero attached hydrogens (tertiary/aromatic N) is 4. The summed E-state index contributed by atoms with van der Waals surface area (Å²) < 4.78 is 2.19. The Kier molecular flexibility index (Phi) is 5.44. The highest BCUT2D eigenvalue weighted by atomic mass is 16.6. The molecule has 0 aliphatic rings. The molecule has 0 saturated carbocycles. The molecule has 0 bridgehead atoms. The molecule has 28 heavy (non-hydrogen) atoms. The molecule has 0 saturated heterocycles. The van der Waals surface area contributed by atoms with Gasteiger partial charge in [0.25, 0.3) is 5.69 Å². The molecule has 1 heterocycles. The fourth-order valence-corrected chi connectivity index (χ4v) is 3.05. The maximum Gasteiger partial charge on any atom is 0.269 e. The molecule has 0 aliphatic heterocycles. The average Bonchev–Trinajstić information content (AvgIpc) is 2.95. The minimum absolute atomic E-state index is 0.0540. The fraction of sp³-hybridized carbons (Fsp3) is 0.190. The van der Waals surface area contributed by atoms with Gasteiger partial charge in [-0.05, 0) is 56.3 Å². The third-order valence-electron chi connectivity index (χ3n) is 4.57. The van der Waals surface area contributed by atoms with Crippen LogP contribution >= 0.6 is 0 Å². The number of aromatic nitrogens is 1. The van der Waals surface area contributed by atoms with E-state index in [-0.39, 0.29) is 5.69 Å². The van der Waals surface area contributed by atoms with E-state index in [1.807, 2.05) is 14.1 Å². The summed E-state index contributed by atoms with van der Waals surface area (Å²) in [5.74, 6) is 0. The summed E-state index contributed by atoms with van der Waals surface area (Å²) in [6.45, 7) is 4.12. The van der Waals surface area contributed by atoms with E-state index in [0.29, 0.717) is 5.69 Å². The van der Waals surface area contributed by atoms with Gasteiger partial charge in [0.2, 0.25) is 0 Å². The lowest BCUT2D eigenvalue weighted by Gasteiger charge is -2.14. The molecule has 7 nitrogen and oxygen atoms in total. The normalized spacial score (nSPS) is 11.0. The molecule has 0 radical (unpaired) electrons. The van der Waals surface area contributed by atoms with Crippen LogP contribution < -0.4 is 10.3 Å². The van der Waals surface area contributed by atoms with Crippen molar-refractivity contribution in [1.82, 2.24) is 4.57 Å². The van der Waals surface area contributed by atoms with Gasteiger partial charge in [0.05, 0.1) is 16.8 Å². The van der Waals surface area contributed by atoms with Crippen LogP contribution in [-0.4, -0.2) is 29.8 Å². The molecule has 3 aromatic rings. The smallest absolute Gasteiger partial charge is 0.269 e. The summed E-state index contributed by atoms with van der Waals surface area (Å²) in [4.78, 5) is 12.3. The number of hydrazone groups is 1. The Balaban J connectivity index is 1.77. The number of hydrogen-bond donors (Lipinski definition) is 1. The zero-order valence-corrected chi connectivity index (χ0v) is 16.4. The van der Waals surface area contributed by atoms with E-state index in [9.17, 15) is 10.1 Å². The molecule has 0 amide bonds. The van der Waals surface area contributed by atoms with Gasteiger partial charge in [-0.2, -0.15) is 5.10 Å². The van der Waals surface area contributed by atoms with Crippen molar-refractivity contribution in [3.05, 3.63) is 81.7 Å². The van der Waals surface area contributed by atoms with Gasteiger partial charge in [-0.3, -0.25) is 15.5 Å². The molecule has 1 N–H and O–H groups in total. The lowest BCUT2D eigenvalue weighted by atomic mass is 10.2. The van der Waals surface area contributed by atoms with Gasteiger partial charge >= 0.3 is 0 Å². The quantitative estimate of drug-likeness (QED) is 0.389. The number of nitro groups is 1. The zero-order valence-electron chi connectivity index (χ0n) is 16.4. The molecule has 2 aromatic carbocycles. The highest BCUT2D eigenvalue weighted by Gasteiger charge is 2.10. The van der Waals surface area contributed by atoms with Crippen LogP contribution in [0.3, 0.4) is 0 Å². The molecule has 1 aromatic heterocycles. The van der Waals surface area contributed by atoms with Crippen molar-refractivity contribution in [2.75, 3.05) is 24.4 Å². The number of rotatable bonds is 6. The molecule has 144 valence electrons. The van der Waals surface area contributed by atoms with E-state index < -0.39 is 4.92 Å². The van der Waals surface area contributed by atoms with Gasteiger partial charge in [-0.15, -0.1) is 0 Å². The van der Waals surface area contributed by atoms with Crippen LogP contribution in [0.15, 0.2) is 59.7 Å². The van der Waals surface area contributed by atoms with Crippen LogP contribution in [0.2, 0.25) is 0 Å². The van der Waals surface area contributed by atoms with Gasteiger partial charge in [0, 0.05) is 54.6 Å². The molecular formula is C21H23N5O2. The van der Waals surface area contributed by atoms with Crippen LogP contribution in [0.25, 0.3) is 5.69 Å². The molecule has 7 heteroatoms. The Morgan fingerprint density at radius 1 is 1.07 bits per heavy atom. The monoisotopic (exact) mass is 377 g/mol. The van der Waals surface area contributed by atoms with Crippen molar-refractivity contribution < 1.29 is 4.92 Å². The number of anilines is 2. The minimum Gasteiger partial charge on any atom is -0.378 e. The van der Waals surface area contributed by atoms with Crippen LogP contribution in [0.4, 0.5) is 17.1 Å². The number of nitro benzene ring substituents is 1. The van der Waals surface area contributed by atoms with E-state index in [0.717, 1.165) is 28.3 Å². The van der Waals surface area contributed by atoms with Crippen LogP contribution in [0.1, 0.15) is 17.0 Å². The van der Waals surface area contributed by atoms with Gasteiger partial charge < -0.3 is 9.47 Å². The number of non-ortho nitro benzene ring substituents is 1. The van der Waals surface area contributed by atoms with Crippen molar-refractivity contribution in [1.29, 1.82) is 0 Å². The topological polar surface area (TPSA) is 75.7 Å². The third-order valence-corrected chi connectivity index (χ3v) is 4.57. The number of benzene rings is 2. The second kappa shape index (κ2) is 7.96. The lowest BCUT2D eigenvalue weighted by Crippen LogP contribution is -2.08. The highest BCUT2D eigenvalue weighted by Crippen LogP contribution is 2.22. The standard InChI is InChI=1S/C21H23N5O2/c1-15-13-17(14-22-23-18-5-7-21(8-6-18)26(27)28)16(2)25(15)20-11-9-19(10-12-20)24(3)4/h5-14,23H,1-4H3/b22-14-. The molecule has 0 aliphatic carbocycles. The van der Waals surface area contributed by atoms with Gasteiger partial charge in [0.1, 0.15) is 0 Å². The van der Waals surface area contributed by atoms with Crippen molar-refractivity contribution in [3.8, 4) is 5.69 Å². The Morgan fingerprint density at radius 2 is 1.71 bits per heavy atom. The number of hydrogen-bond acceptors (Lipinski definition) is 5. The zero-order chi connectivity index (χ0) is 20.3. The van der Waals surface area contributed by atoms with Crippen molar-refractivity contribution >= 4 is 23.3 Å². The second-order valence-electron chi connectivity index (χ2n) is 6.75. The Morgan fingerprint density at radius 3 is 2.29 bits per heavy atom. The summed E-state index contributed by atoms with van der Waals surface area (Å²) in [6.07, 6.45) is 1.76. The summed E-state index contributed by atoms with van der Waals surface area (Å²) in [6, 6.07) is 16.6. The van der Waals surface area contributed by atoms with Crippen molar-refractivity contribution in [2.45, 2.75) is 13.8 Å².